The summed E-state index contributed by atoms with van der Waals surface area (Å²) >= 11 is 1.81. The molecular weight excluding hydrogens is 418 g/mol. The molecule has 0 amide bonds. The van der Waals surface area contributed by atoms with Crippen molar-refractivity contribution in [2.24, 2.45) is 0 Å². The average molecular weight is 452 g/mol. The van der Waals surface area contributed by atoms with Gasteiger partial charge in [0.15, 0.2) is 0 Å². The van der Waals surface area contributed by atoms with E-state index in [2.05, 4.69) is 60.0 Å². The minimum Gasteiger partial charge on any atom is -0.495 e. The number of hydroxylamine groups is 2. The highest BCUT2D eigenvalue weighted by atomic mass is 32.1. The van der Waals surface area contributed by atoms with Crippen LogP contribution in [0.25, 0.3) is 21.7 Å². The van der Waals surface area contributed by atoms with Crippen LogP contribution < -0.4 is 10.5 Å². The van der Waals surface area contributed by atoms with Gasteiger partial charge >= 0.3 is 0 Å². The SMILES string of the molecule is COc1cc2c(cc1N)-c1c(-c3cccs3)c3c(n1CC2)CON(C(C)(C)C)CCCC3. The highest BCUT2D eigenvalue weighted by Crippen LogP contribution is 2.47. The van der Waals surface area contributed by atoms with Crippen LogP contribution in [0.5, 0.6) is 5.75 Å². The summed E-state index contributed by atoms with van der Waals surface area (Å²) in [4.78, 5) is 7.79. The van der Waals surface area contributed by atoms with E-state index < -0.39 is 0 Å². The van der Waals surface area contributed by atoms with Gasteiger partial charge in [-0.25, -0.2) is 0 Å². The molecule has 0 atom stereocenters. The largest absolute Gasteiger partial charge is 0.495 e. The van der Waals surface area contributed by atoms with Crippen LogP contribution >= 0.6 is 11.3 Å². The number of benzene rings is 1. The number of thiophene rings is 1. The lowest BCUT2D eigenvalue weighted by Crippen LogP contribution is -2.41. The number of nitrogens with two attached hydrogens (primary N) is 1. The summed E-state index contributed by atoms with van der Waals surface area (Å²) in [6, 6.07) is 8.63. The topological polar surface area (TPSA) is 52.6 Å². The summed E-state index contributed by atoms with van der Waals surface area (Å²) in [6.45, 7) is 9.19. The monoisotopic (exact) mass is 451 g/mol. The maximum absolute atomic E-state index is 6.47. The number of nitrogen functional groups attached to an aromatic ring is 1. The Kier molecular flexibility index (Phi) is 5.56. The van der Waals surface area contributed by atoms with Crippen LogP contribution in [0.4, 0.5) is 5.69 Å². The Morgan fingerprint density at radius 2 is 1.97 bits per heavy atom. The van der Waals surface area contributed by atoms with Crippen molar-refractivity contribution in [1.82, 2.24) is 9.63 Å². The molecule has 2 aromatic heterocycles. The molecule has 0 fully saturated rings. The summed E-state index contributed by atoms with van der Waals surface area (Å²) < 4.78 is 8.02. The molecule has 6 heteroatoms. The highest BCUT2D eigenvalue weighted by molar-refractivity contribution is 7.13. The van der Waals surface area contributed by atoms with Gasteiger partial charge in [-0.2, -0.15) is 5.06 Å². The number of nitrogens with zero attached hydrogens (tertiary/aromatic N) is 2. The molecule has 5 nitrogen and oxygen atoms in total. The third-order valence-electron chi connectivity index (χ3n) is 6.71. The molecule has 0 bridgehead atoms. The zero-order valence-electron chi connectivity index (χ0n) is 19.5. The second-order valence-electron chi connectivity index (χ2n) is 9.78. The first-order valence-corrected chi connectivity index (χ1v) is 12.4. The molecule has 2 aliphatic heterocycles. The molecule has 32 heavy (non-hydrogen) atoms. The van der Waals surface area contributed by atoms with Crippen molar-refractivity contribution in [3.05, 3.63) is 46.5 Å². The molecule has 0 spiro atoms. The second kappa shape index (κ2) is 8.25. The van der Waals surface area contributed by atoms with Gasteiger partial charge in [0, 0.05) is 34.6 Å². The number of fused-ring (bicyclic) bond motifs is 5. The van der Waals surface area contributed by atoms with Crippen LogP contribution in [-0.4, -0.2) is 28.8 Å². The van der Waals surface area contributed by atoms with E-state index in [0.29, 0.717) is 12.3 Å². The molecule has 0 aliphatic carbocycles. The van der Waals surface area contributed by atoms with Gasteiger partial charge in [0.1, 0.15) is 12.4 Å². The van der Waals surface area contributed by atoms with Gasteiger partial charge in [-0.3, -0.25) is 4.84 Å². The van der Waals surface area contributed by atoms with Gasteiger partial charge in [0.05, 0.1) is 24.2 Å². The minimum absolute atomic E-state index is 0.0178. The summed E-state index contributed by atoms with van der Waals surface area (Å²) in [5.74, 6) is 0.764. The number of aryl methyl sites for hydroxylation is 1. The van der Waals surface area contributed by atoms with Gasteiger partial charge in [0.25, 0.3) is 0 Å². The lowest BCUT2D eigenvalue weighted by atomic mass is 9.93. The standard InChI is InChI=1S/C26H33N3O2S/c1-26(2,3)29-11-6-5-8-18-21(16-31-29)28-12-10-17-14-22(30-4)20(27)15-19(17)25(28)24(18)23-9-7-13-32-23/h7,9,13-15H,5-6,8,10-12,16,27H2,1-4H3. The van der Waals surface area contributed by atoms with Crippen LogP contribution in [0.3, 0.4) is 0 Å². The van der Waals surface area contributed by atoms with Crippen molar-refractivity contribution in [2.45, 2.75) is 65.1 Å². The molecule has 0 saturated carbocycles. The number of hydrogen-bond acceptors (Lipinski definition) is 5. The smallest absolute Gasteiger partial charge is 0.142 e. The molecule has 170 valence electrons. The number of hydrogen-bond donors (Lipinski definition) is 1. The van der Waals surface area contributed by atoms with Gasteiger partial charge in [-0.1, -0.05) is 6.07 Å². The fourth-order valence-corrected chi connectivity index (χ4v) is 5.93. The lowest BCUT2D eigenvalue weighted by Gasteiger charge is -2.34. The molecule has 0 unspecified atom stereocenters. The number of anilines is 1. The predicted molar refractivity (Wildman–Crippen MR) is 132 cm³/mol. The number of rotatable bonds is 2. The molecule has 0 saturated heterocycles. The van der Waals surface area contributed by atoms with Crippen LogP contribution in [0, 0.1) is 0 Å². The van der Waals surface area contributed by atoms with Crippen molar-refractivity contribution in [1.29, 1.82) is 0 Å². The number of aromatic nitrogens is 1. The highest BCUT2D eigenvalue weighted by Gasteiger charge is 2.32. The third-order valence-corrected chi connectivity index (χ3v) is 7.60. The second-order valence-corrected chi connectivity index (χ2v) is 10.7. The lowest BCUT2D eigenvalue weighted by molar-refractivity contribution is -0.220. The normalized spacial score (nSPS) is 17.0. The first-order chi connectivity index (χ1) is 15.4. The molecule has 5 rings (SSSR count). The van der Waals surface area contributed by atoms with E-state index in [1.54, 1.807) is 7.11 Å². The van der Waals surface area contributed by atoms with Crippen LogP contribution in [0.2, 0.25) is 0 Å². The third kappa shape index (κ3) is 3.64. The zero-order chi connectivity index (χ0) is 22.5. The van der Waals surface area contributed by atoms with Gasteiger partial charge in [-0.15, -0.1) is 11.3 Å². The first-order valence-electron chi connectivity index (χ1n) is 11.5. The van der Waals surface area contributed by atoms with E-state index >= 15 is 0 Å². The molecule has 4 heterocycles. The quantitative estimate of drug-likeness (QED) is 0.493. The molecule has 0 radical (unpaired) electrons. The van der Waals surface area contributed by atoms with Crippen LogP contribution in [0.1, 0.15) is 50.4 Å². The van der Waals surface area contributed by atoms with Gasteiger partial charge in [0.2, 0.25) is 0 Å². The summed E-state index contributed by atoms with van der Waals surface area (Å²) in [6.07, 6.45) is 4.32. The van der Waals surface area contributed by atoms with Gasteiger partial charge in [-0.05, 0) is 81.2 Å². The van der Waals surface area contributed by atoms with E-state index in [1.807, 2.05) is 11.3 Å². The van der Waals surface area contributed by atoms with Crippen LogP contribution in [0.15, 0.2) is 29.6 Å². The summed E-state index contributed by atoms with van der Waals surface area (Å²) in [5.41, 5.74) is 15.0. The Morgan fingerprint density at radius 1 is 1.12 bits per heavy atom. The van der Waals surface area contributed by atoms with E-state index in [0.717, 1.165) is 44.5 Å². The molecule has 2 N–H and O–H groups in total. The maximum Gasteiger partial charge on any atom is 0.142 e. The van der Waals surface area contributed by atoms with Crippen molar-refractivity contribution < 1.29 is 9.57 Å². The molecule has 2 aliphatic rings. The van der Waals surface area contributed by atoms with Crippen molar-refractivity contribution >= 4 is 17.0 Å². The molecular formula is C26H33N3O2S. The summed E-state index contributed by atoms with van der Waals surface area (Å²) in [5, 5.41) is 4.34. The summed E-state index contributed by atoms with van der Waals surface area (Å²) in [7, 11) is 1.69. The first kappa shape index (κ1) is 21.6. The Bertz CT molecular complexity index is 1130. The molecule has 1 aromatic carbocycles. The van der Waals surface area contributed by atoms with Crippen molar-refractivity contribution in [3.63, 3.8) is 0 Å². The predicted octanol–water partition coefficient (Wildman–Crippen LogP) is 5.90. The Balaban J connectivity index is 1.71. The molecule has 3 aromatic rings. The van der Waals surface area contributed by atoms with E-state index in [-0.39, 0.29) is 5.54 Å². The van der Waals surface area contributed by atoms with E-state index in [9.17, 15) is 0 Å². The fraction of sp³-hybridized carbons (Fsp3) is 0.462. The Labute approximate surface area is 194 Å². The maximum atomic E-state index is 6.47. The van der Waals surface area contributed by atoms with Crippen LogP contribution in [-0.2, 0) is 30.8 Å². The number of methoxy groups -OCH3 is 1. The minimum atomic E-state index is -0.0178. The van der Waals surface area contributed by atoms with Crippen molar-refractivity contribution in [3.8, 4) is 27.4 Å². The fourth-order valence-electron chi connectivity index (χ4n) is 5.13. The Hall–Kier alpha value is -2.28. The number of ether oxygens (including phenoxy) is 1. The Morgan fingerprint density at radius 3 is 2.69 bits per heavy atom. The van der Waals surface area contributed by atoms with Crippen molar-refractivity contribution in [2.75, 3.05) is 19.4 Å². The average Bonchev–Trinajstić information content (AvgIpc) is 3.39. The van der Waals surface area contributed by atoms with E-state index in [4.69, 9.17) is 15.3 Å². The zero-order valence-corrected chi connectivity index (χ0v) is 20.3. The van der Waals surface area contributed by atoms with Gasteiger partial charge < -0.3 is 15.0 Å². The van der Waals surface area contributed by atoms with E-state index in [1.165, 1.54) is 38.5 Å².